The topological polar surface area (TPSA) is 85.3 Å². The van der Waals surface area contributed by atoms with E-state index in [1.165, 1.54) is 109 Å². The fourth-order valence-corrected chi connectivity index (χ4v) is 7.07. The molecule has 1 N–H and O–H groups in total. The van der Waals surface area contributed by atoms with Crippen molar-refractivity contribution >= 4 is 12.1 Å². The molecule has 0 heterocycles. The Kier molecular flexibility index (Phi) is 37.9. The van der Waals surface area contributed by atoms with Gasteiger partial charge in [0.1, 0.15) is 6.10 Å². The SMILES string of the molecule is CCCCCCCCCOC(=O)OCCCCCCN(CCCO)CCCCCCC(C)(C)C(=O)OC(CCCCCCCC)CCCCCCCC. The summed E-state index contributed by atoms with van der Waals surface area (Å²) in [7, 11) is 0. The lowest BCUT2D eigenvalue weighted by molar-refractivity contribution is -0.161. The van der Waals surface area contributed by atoms with Crippen molar-refractivity contribution in [2.24, 2.45) is 5.41 Å². The Morgan fingerprint density at radius 3 is 1.34 bits per heavy atom. The predicted octanol–water partition coefficient (Wildman–Crippen LogP) is 13.5. The van der Waals surface area contributed by atoms with Gasteiger partial charge < -0.3 is 24.2 Å². The highest BCUT2D eigenvalue weighted by molar-refractivity contribution is 5.76. The maximum absolute atomic E-state index is 13.4. The summed E-state index contributed by atoms with van der Waals surface area (Å²) < 4.78 is 16.7. The Balaban J connectivity index is 4.26. The molecule has 0 unspecified atom stereocenters. The molecule has 0 atom stereocenters. The van der Waals surface area contributed by atoms with Crippen LogP contribution in [0.4, 0.5) is 4.79 Å². The Morgan fingerprint density at radius 1 is 0.509 bits per heavy atom. The van der Waals surface area contributed by atoms with Crippen molar-refractivity contribution in [2.75, 3.05) is 39.5 Å². The van der Waals surface area contributed by atoms with Crippen LogP contribution in [0.5, 0.6) is 0 Å². The van der Waals surface area contributed by atoms with E-state index in [9.17, 15) is 14.7 Å². The van der Waals surface area contributed by atoms with E-state index in [1.54, 1.807) is 0 Å². The zero-order chi connectivity index (χ0) is 39.1. The Hall–Kier alpha value is -1.34. The van der Waals surface area contributed by atoms with E-state index < -0.39 is 11.6 Å². The van der Waals surface area contributed by atoms with Crippen molar-refractivity contribution in [1.82, 2.24) is 4.90 Å². The molecule has 0 aromatic heterocycles. The molecule has 316 valence electrons. The van der Waals surface area contributed by atoms with Gasteiger partial charge in [0.25, 0.3) is 0 Å². The fraction of sp³-hybridized carbons (Fsp3) is 0.957. The first-order valence-corrected chi connectivity index (χ1v) is 23.1. The molecule has 0 saturated carbocycles. The second-order valence-electron chi connectivity index (χ2n) is 16.6. The van der Waals surface area contributed by atoms with E-state index in [-0.39, 0.29) is 18.7 Å². The smallest absolute Gasteiger partial charge is 0.462 e. The summed E-state index contributed by atoms with van der Waals surface area (Å²) in [5, 5.41) is 9.41. The van der Waals surface area contributed by atoms with Gasteiger partial charge in [0.05, 0.1) is 18.6 Å². The van der Waals surface area contributed by atoms with Crippen LogP contribution in [0.3, 0.4) is 0 Å². The summed E-state index contributed by atoms with van der Waals surface area (Å²) in [4.78, 5) is 27.7. The minimum Gasteiger partial charge on any atom is -0.462 e. The van der Waals surface area contributed by atoms with E-state index in [0.29, 0.717) is 13.2 Å². The summed E-state index contributed by atoms with van der Waals surface area (Å²) in [5.41, 5.74) is -0.438. The molecule has 0 fully saturated rings. The van der Waals surface area contributed by atoms with Crippen molar-refractivity contribution in [3.8, 4) is 0 Å². The highest BCUT2D eigenvalue weighted by Crippen LogP contribution is 2.28. The molecule has 0 amide bonds. The number of aliphatic hydroxyl groups is 1. The third-order valence-electron chi connectivity index (χ3n) is 10.8. The summed E-state index contributed by atoms with van der Waals surface area (Å²) in [6, 6.07) is 0. The lowest BCUT2D eigenvalue weighted by atomic mass is 9.86. The highest BCUT2D eigenvalue weighted by atomic mass is 16.7. The third-order valence-corrected chi connectivity index (χ3v) is 10.8. The number of nitrogens with zero attached hydrogens (tertiary/aromatic N) is 1. The van der Waals surface area contributed by atoms with Crippen molar-refractivity contribution in [3.05, 3.63) is 0 Å². The van der Waals surface area contributed by atoms with Gasteiger partial charge in [-0.05, 0) is 91.1 Å². The molecule has 0 aliphatic carbocycles. The first-order valence-electron chi connectivity index (χ1n) is 23.1. The van der Waals surface area contributed by atoms with Crippen LogP contribution >= 0.6 is 0 Å². The van der Waals surface area contributed by atoms with E-state index in [4.69, 9.17) is 14.2 Å². The molecule has 0 bridgehead atoms. The molecule has 0 aromatic rings. The van der Waals surface area contributed by atoms with Crippen LogP contribution in [0.1, 0.15) is 234 Å². The molecule has 0 saturated heterocycles. The van der Waals surface area contributed by atoms with Gasteiger partial charge in [-0.3, -0.25) is 4.79 Å². The average Bonchev–Trinajstić information content (AvgIpc) is 3.14. The van der Waals surface area contributed by atoms with E-state index in [2.05, 4.69) is 39.5 Å². The Morgan fingerprint density at radius 2 is 0.887 bits per heavy atom. The summed E-state index contributed by atoms with van der Waals surface area (Å²) >= 11 is 0. The zero-order valence-corrected chi connectivity index (χ0v) is 36.2. The van der Waals surface area contributed by atoms with Crippen molar-refractivity contribution in [1.29, 1.82) is 0 Å². The standard InChI is InChI=1S/C46H91NO6/c1-6-9-12-15-18-24-31-41-51-45(50)52-42-32-25-23-30-38-47(39-33-40-48)37-29-22-21-28-36-46(4,5)44(49)53-43(34-26-19-16-13-10-7-2)35-27-20-17-14-11-8-3/h43,48H,6-42H2,1-5H3. The van der Waals surface area contributed by atoms with E-state index in [0.717, 1.165) is 110 Å². The molecule has 0 spiro atoms. The number of esters is 1. The Bertz CT molecular complexity index is 774. The van der Waals surface area contributed by atoms with Crippen LogP contribution in [0, 0.1) is 5.41 Å². The number of carbonyl (C=O) groups is 2. The fourth-order valence-electron chi connectivity index (χ4n) is 7.07. The molecular formula is C46H91NO6. The van der Waals surface area contributed by atoms with E-state index >= 15 is 0 Å². The van der Waals surface area contributed by atoms with Crippen LogP contribution in [0.25, 0.3) is 0 Å². The summed E-state index contributed by atoms with van der Waals surface area (Å²) in [6.45, 7) is 15.0. The molecule has 53 heavy (non-hydrogen) atoms. The number of unbranched alkanes of at least 4 members (excludes halogenated alkanes) is 22. The minimum atomic E-state index is -0.527. The largest absolute Gasteiger partial charge is 0.508 e. The average molecular weight is 754 g/mol. The molecule has 7 heteroatoms. The quantitative estimate of drug-likeness (QED) is 0.0491. The van der Waals surface area contributed by atoms with Gasteiger partial charge in [-0.2, -0.15) is 0 Å². The monoisotopic (exact) mass is 754 g/mol. The first-order chi connectivity index (χ1) is 25.8. The van der Waals surface area contributed by atoms with Gasteiger partial charge in [-0.25, -0.2) is 4.79 Å². The van der Waals surface area contributed by atoms with Crippen molar-refractivity contribution in [2.45, 2.75) is 240 Å². The maximum atomic E-state index is 13.4. The van der Waals surface area contributed by atoms with Crippen LogP contribution in [-0.2, 0) is 19.0 Å². The Labute approximate surface area is 329 Å². The molecule has 0 aliphatic rings. The number of aliphatic hydroxyl groups excluding tert-OH is 1. The number of carbonyl (C=O) groups excluding carboxylic acids is 2. The first kappa shape index (κ1) is 51.7. The summed E-state index contributed by atoms with van der Waals surface area (Å²) in [5.74, 6) is -0.0000533. The second-order valence-corrected chi connectivity index (χ2v) is 16.6. The van der Waals surface area contributed by atoms with Crippen molar-refractivity contribution < 1.29 is 28.9 Å². The van der Waals surface area contributed by atoms with E-state index in [1.807, 2.05) is 0 Å². The van der Waals surface area contributed by atoms with Gasteiger partial charge in [-0.1, -0.05) is 156 Å². The van der Waals surface area contributed by atoms with Gasteiger partial charge in [-0.15, -0.1) is 0 Å². The van der Waals surface area contributed by atoms with Gasteiger partial charge >= 0.3 is 12.1 Å². The molecular weight excluding hydrogens is 663 g/mol. The lowest BCUT2D eigenvalue weighted by Gasteiger charge is -2.27. The number of hydrogen-bond donors (Lipinski definition) is 1. The number of hydrogen-bond acceptors (Lipinski definition) is 7. The normalized spacial score (nSPS) is 11.8. The van der Waals surface area contributed by atoms with Crippen LogP contribution in [0.2, 0.25) is 0 Å². The van der Waals surface area contributed by atoms with Crippen molar-refractivity contribution in [3.63, 3.8) is 0 Å². The van der Waals surface area contributed by atoms with Crippen LogP contribution in [-0.4, -0.2) is 67.7 Å². The second kappa shape index (κ2) is 38.9. The zero-order valence-electron chi connectivity index (χ0n) is 36.2. The maximum Gasteiger partial charge on any atom is 0.508 e. The van der Waals surface area contributed by atoms with Gasteiger partial charge in [0.15, 0.2) is 0 Å². The van der Waals surface area contributed by atoms with Gasteiger partial charge in [0.2, 0.25) is 0 Å². The minimum absolute atomic E-state index is 0.0000533. The van der Waals surface area contributed by atoms with Crippen LogP contribution < -0.4 is 0 Å². The number of ether oxygens (including phenoxy) is 3. The van der Waals surface area contributed by atoms with Crippen LogP contribution in [0.15, 0.2) is 0 Å². The molecule has 0 aliphatic heterocycles. The molecule has 0 rings (SSSR count). The molecule has 7 nitrogen and oxygen atoms in total. The van der Waals surface area contributed by atoms with Gasteiger partial charge in [0, 0.05) is 13.2 Å². The lowest BCUT2D eigenvalue weighted by Crippen LogP contribution is -2.31. The summed E-state index contributed by atoms with van der Waals surface area (Å²) in [6.07, 6.45) is 35.5. The predicted molar refractivity (Wildman–Crippen MR) is 225 cm³/mol. The highest BCUT2D eigenvalue weighted by Gasteiger charge is 2.30. The molecule has 0 radical (unpaired) electrons. The third kappa shape index (κ3) is 34.9. The molecule has 0 aromatic carbocycles. The number of rotatable bonds is 41.